The topological polar surface area (TPSA) is 131 Å². The molecule has 9 rings (SSSR count). The van der Waals surface area contributed by atoms with Gasteiger partial charge in [0.25, 0.3) is 5.91 Å². The Morgan fingerprint density at radius 1 is 0.847 bits per heavy atom. The number of carbonyl (C=O) groups excluding carboxylic acids is 3. The number of para-hydroxylation sites is 2. The summed E-state index contributed by atoms with van der Waals surface area (Å²) in [5.74, 6) is 0.948. The van der Waals surface area contributed by atoms with Crippen LogP contribution in [0.1, 0.15) is 75.7 Å². The summed E-state index contributed by atoms with van der Waals surface area (Å²) in [7, 11) is 2.00. The predicted molar refractivity (Wildman–Crippen MR) is 226 cm³/mol. The number of imide groups is 1. The first-order chi connectivity index (χ1) is 28.7. The van der Waals surface area contributed by atoms with Gasteiger partial charge in [0.1, 0.15) is 11.5 Å². The predicted octanol–water partition coefficient (Wildman–Crippen LogP) is 6.16. The van der Waals surface area contributed by atoms with E-state index in [0.717, 1.165) is 63.1 Å². The van der Waals surface area contributed by atoms with Gasteiger partial charge in [-0.25, -0.2) is 0 Å². The molecule has 4 aliphatic heterocycles. The Morgan fingerprint density at radius 3 is 2.27 bits per heavy atom. The molecule has 5 heterocycles. The van der Waals surface area contributed by atoms with Gasteiger partial charge in [0, 0.05) is 88.4 Å². The van der Waals surface area contributed by atoms with E-state index in [4.69, 9.17) is 4.74 Å². The first-order valence-electron chi connectivity index (χ1n) is 21.5. The number of phenolic OH excluding ortho intramolecular Hbond substituents is 1. The van der Waals surface area contributed by atoms with Crippen molar-refractivity contribution in [1.29, 1.82) is 0 Å². The van der Waals surface area contributed by atoms with Crippen LogP contribution >= 0.6 is 0 Å². The SMILES string of the molecule is CN(C(=O)C1(Oc2ccccc2)CCN(c2cnnc(-c3ccccc3O)c2)CC1)[C@@H]1CCN(CC2CCN(c3ccc([C@H]4CCC(=O)NC4=O)cc3)CC2)C2(CC2)C1. The lowest BCUT2D eigenvalue weighted by Gasteiger charge is -2.48. The highest BCUT2D eigenvalue weighted by atomic mass is 16.5. The molecule has 308 valence electrons. The van der Waals surface area contributed by atoms with Crippen LogP contribution < -0.4 is 19.9 Å². The van der Waals surface area contributed by atoms with Crippen molar-refractivity contribution in [3.05, 3.63) is 96.7 Å². The summed E-state index contributed by atoms with van der Waals surface area (Å²) < 4.78 is 6.76. The lowest BCUT2D eigenvalue weighted by molar-refractivity contribution is -0.152. The van der Waals surface area contributed by atoms with E-state index < -0.39 is 5.60 Å². The molecule has 1 aromatic heterocycles. The number of nitrogens with zero attached hydrogens (tertiary/aromatic N) is 6. The maximum atomic E-state index is 14.8. The minimum atomic E-state index is -0.985. The van der Waals surface area contributed by atoms with Crippen LogP contribution in [-0.2, 0) is 14.4 Å². The summed E-state index contributed by atoms with van der Waals surface area (Å²) >= 11 is 0. The Bertz CT molecular complexity index is 2150. The first kappa shape index (κ1) is 39.0. The van der Waals surface area contributed by atoms with Crippen molar-refractivity contribution in [3.63, 3.8) is 0 Å². The molecule has 3 aromatic carbocycles. The fraction of sp³-hybridized carbons (Fsp3) is 0.468. The molecule has 0 bridgehead atoms. The van der Waals surface area contributed by atoms with E-state index in [1.54, 1.807) is 18.3 Å². The second-order valence-electron chi connectivity index (χ2n) is 17.5. The third-order valence-corrected chi connectivity index (χ3v) is 13.9. The zero-order valence-electron chi connectivity index (χ0n) is 34.0. The molecule has 0 unspecified atom stereocenters. The van der Waals surface area contributed by atoms with E-state index in [9.17, 15) is 19.5 Å². The third-order valence-electron chi connectivity index (χ3n) is 13.9. The van der Waals surface area contributed by atoms with Crippen LogP contribution in [0.25, 0.3) is 11.3 Å². The number of likely N-dealkylation sites (N-methyl/N-ethyl adjacent to an activating group) is 1. The summed E-state index contributed by atoms with van der Waals surface area (Å²) in [6, 6.07) is 27.4. The number of ether oxygens (including phenoxy) is 1. The number of piperidine rings is 4. The number of phenols is 1. The highest BCUT2D eigenvalue weighted by Crippen LogP contribution is 2.50. The number of amides is 3. The molecule has 2 N–H and O–H groups in total. The first-order valence-corrected chi connectivity index (χ1v) is 21.5. The van der Waals surface area contributed by atoms with E-state index in [2.05, 4.69) is 54.5 Å². The number of carbonyl (C=O) groups is 3. The summed E-state index contributed by atoms with van der Waals surface area (Å²) in [5, 5.41) is 21.5. The highest BCUT2D eigenvalue weighted by Gasteiger charge is 2.54. The maximum Gasteiger partial charge on any atom is 0.266 e. The smallest absolute Gasteiger partial charge is 0.266 e. The second kappa shape index (κ2) is 16.3. The quantitative estimate of drug-likeness (QED) is 0.180. The van der Waals surface area contributed by atoms with E-state index >= 15 is 0 Å². The van der Waals surface area contributed by atoms with E-state index in [-0.39, 0.29) is 41.0 Å². The molecule has 1 spiro atoms. The molecular weight excluding hydrogens is 743 g/mol. The summed E-state index contributed by atoms with van der Waals surface area (Å²) in [6.07, 6.45) is 10.4. The second-order valence-corrected chi connectivity index (χ2v) is 17.5. The molecule has 5 aliphatic rings. The van der Waals surface area contributed by atoms with Gasteiger partial charge in [0.15, 0.2) is 5.60 Å². The Kier molecular flexibility index (Phi) is 10.8. The average Bonchev–Trinajstić information content (AvgIpc) is 4.04. The van der Waals surface area contributed by atoms with Gasteiger partial charge >= 0.3 is 0 Å². The van der Waals surface area contributed by atoms with Crippen molar-refractivity contribution in [1.82, 2.24) is 25.3 Å². The maximum absolute atomic E-state index is 14.8. The van der Waals surface area contributed by atoms with E-state index in [1.807, 2.05) is 60.5 Å². The number of benzene rings is 3. The van der Waals surface area contributed by atoms with Gasteiger partial charge in [0.2, 0.25) is 11.8 Å². The fourth-order valence-corrected chi connectivity index (χ4v) is 10.1. The monoisotopic (exact) mass is 797 g/mol. The van der Waals surface area contributed by atoms with Crippen LogP contribution in [-0.4, -0.2) is 106 Å². The van der Waals surface area contributed by atoms with Gasteiger partial charge in [-0.3, -0.25) is 24.6 Å². The minimum Gasteiger partial charge on any atom is -0.507 e. The number of aromatic hydroxyl groups is 1. The van der Waals surface area contributed by atoms with Gasteiger partial charge in [-0.2, -0.15) is 10.2 Å². The number of hydrogen-bond donors (Lipinski definition) is 2. The van der Waals surface area contributed by atoms with Gasteiger partial charge in [-0.15, -0.1) is 0 Å². The lowest BCUT2D eigenvalue weighted by Crippen LogP contribution is -2.61. The van der Waals surface area contributed by atoms with Crippen molar-refractivity contribution in [2.75, 3.05) is 56.1 Å². The molecular formula is C47H55N7O5. The zero-order chi connectivity index (χ0) is 40.6. The molecule has 2 atom stereocenters. The van der Waals surface area contributed by atoms with Crippen molar-refractivity contribution in [2.45, 2.75) is 87.3 Å². The van der Waals surface area contributed by atoms with Gasteiger partial charge in [-0.05, 0) is 98.9 Å². The van der Waals surface area contributed by atoms with E-state index in [1.165, 1.54) is 18.5 Å². The molecule has 0 radical (unpaired) electrons. The molecule has 1 aliphatic carbocycles. The lowest BCUT2D eigenvalue weighted by atomic mass is 9.86. The van der Waals surface area contributed by atoms with Gasteiger partial charge in [0.05, 0.1) is 23.5 Å². The van der Waals surface area contributed by atoms with Crippen molar-refractivity contribution in [2.24, 2.45) is 5.92 Å². The summed E-state index contributed by atoms with van der Waals surface area (Å²) in [6.45, 7) is 5.37. The normalized spacial score (nSPS) is 23.1. The van der Waals surface area contributed by atoms with Crippen LogP contribution in [0, 0.1) is 5.92 Å². The Balaban J connectivity index is 0.814. The zero-order valence-corrected chi connectivity index (χ0v) is 34.0. The van der Waals surface area contributed by atoms with Crippen molar-refractivity contribution in [3.8, 4) is 22.8 Å². The summed E-state index contributed by atoms with van der Waals surface area (Å²) in [5.41, 5.74) is 3.51. The van der Waals surface area contributed by atoms with Crippen molar-refractivity contribution < 1.29 is 24.2 Å². The van der Waals surface area contributed by atoms with Crippen LogP contribution in [0.3, 0.4) is 0 Å². The van der Waals surface area contributed by atoms with Gasteiger partial charge < -0.3 is 24.5 Å². The fourth-order valence-electron chi connectivity index (χ4n) is 10.1. The summed E-state index contributed by atoms with van der Waals surface area (Å²) in [4.78, 5) is 48.3. The van der Waals surface area contributed by atoms with Gasteiger partial charge in [-0.1, -0.05) is 42.5 Å². The number of hydrogen-bond acceptors (Lipinski definition) is 10. The standard InChI is InChI=1S/C47H55N7O5/c1-51(45(58)47(59-38-7-3-2-4-8-38)22-27-53(28-23-47)37-29-41(50-48-31-37)40-9-5-6-10-42(40)55)36-19-26-54(46(30-36)20-21-46)32-33-17-24-52(25-18-33)35-13-11-34(12-14-35)39-15-16-43(56)49-44(39)57/h2-14,29,31,33,36,39,55H,15-28,30,32H2,1H3,(H,49,56,57)/t36-,39-/m1/s1. The molecule has 4 aromatic rings. The molecule has 3 amide bonds. The number of anilines is 2. The molecule has 1 saturated carbocycles. The highest BCUT2D eigenvalue weighted by molar-refractivity contribution is 6.01. The molecule has 12 heteroatoms. The van der Waals surface area contributed by atoms with Crippen LogP contribution in [0.15, 0.2) is 91.1 Å². The largest absolute Gasteiger partial charge is 0.507 e. The van der Waals surface area contributed by atoms with Crippen LogP contribution in [0.4, 0.5) is 11.4 Å². The van der Waals surface area contributed by atoms with Crippen molar-refractivity contribution >= 4 is 29.1 Å². The average molecular weight is 798 g/mol. The molecule has 4 saturated heterocycles. The number of likely N-dealkylation sites (tertiary alicyclic amines) is 1. The molecule has 5 fully saturated rings. The Morgan fingerprint density at radius 2 is 1.56 bits per heavy atom. The number of rotatable bonds is 10. The number of aromatic nitrogens is 2. The number of nitrogens with one attached hydrogen (secondary N) is 1. The minimum absolute atomic E-state index is 0.0653. The van der Waals surface area contributed by atoms with E-state index in [0.29, 0.717) is 61.7 Å². The Labute approximate surface area is 346 Å². The Hall–Kier alpha value is -5.49. The third kappa shape index (κ3) is 8.11. The molecule has 12 nitrogen and oxygen atoms in total. The molecule has 59 heavy (non-hydrogen) atoms. The van der Waals surface area contributed by atoms with Crippen LogP contribution in [0.5, 0.6) is 11.5 Å². The van der Waals surface area contributed by atoms with Crippen LogP contribution in [0.2, 0.25) is 0 Å².